The number of epoxide rings is 1. The Labute approximate surface area is 79.9 Å². The van der Waals surface area contributed by atoms with Crippen LogP contribution in [0.25, 0.3) is 0 Å². The van der Waals surface area contributed by atoms with Crippen molar-refractivity contribution in [2.75, 3.05) is 13.2 Å². The molecule has 2 rings (SSSR count). The van der Waals surface area contributed by atoms with Crippen molar-refractivity contribution < 1.29 is 9.47 Å². The summed E-state index contributed by atoms with van der Waals surface area (Å²) in [5.41, 5.74) is 1.52. The third kappa shape index (κ3) is 2.73. The second kappa shape index (κ2) is 3.70. The van der Waals surface area contributed by atoms with Gasteiger partial charge >= 0.3 is 0 Å². The third-order valence-corrected chi connectivity index (χ3v) is 2.77. The summed E-state index contributed by atoms with van der Waals surface area (Å²) in [6.07, 6.45) is 8.49. The molecule has 1 unspecified atom stereocenters. The van der Waals surface area contributed by atoms with Crippen molar-refractivity contribution in [1.82, 2.24) is 0 Å². The lowest BCUT2D eigenvalue weighted by Crippen LogP contribution is -2.12. The van der Waals surface area contributed by atoms with Gasteiger partial charge in [-0.15, -0.1) is 0 Å². The van der Waals surface area contributed by atoms with Gasteiger partial charge in [-0.25, -0.2) is 0 Å². The Kier molecular flexibility index (Phi) is 2.58. The highest BCUT2D eigenvalue weighted by molar-refractivity contribution is 5.00. The molecule has 0 bridgehead atoms. The van der Waals surface area contributed by atoms with E-state index in [1.54, 1.807) is 0 Å². The molecule has 0 amide bonds. The maximum absolute atomic E-state index is 5.51. The third-order valence-electron chi connectivity index (χ3n) is 2.77. The minimum Gasteiger partial charge on any atom is -0.498 e. The van der Waals surface area contributed by atoms with Crippen LogP contribution in [-0.4, -0.2) is 18.8 Å². The first-order valence-electron chi connectivity index (χ1n) is 5.22. The second-order valence-corrected chi connectivity index (χ2v) is 4.39. The number of ether oxygens (including phenoxy) is 2. The predicted molar refractivity (Wildman–Crippen MR) is 51.5 cm³/mol. The topological polar surface area (TPSA) is 21.8 Å². The number of allylic oxidation sites excluding steroid dienone is 1. The Hall–Kier alpha value is -0.500. The highest BCUT2D eigenvalue weighted by Gasteiger charge is 2.39. The molecule has 74 valence electrons. The van der Waals surface area contributed by atoms with E-state index in [0.717, 1.165) is 13.2 Å². The smallest absolute Gasteiger partial charge is 0.123 e. The van der Waals surface area contributed by atoms with Gasteiger partial charge in [-0.1, -0.05) is 6.42 Å². The Morgan fingerprint density at radius 1 is 1.38 bits per heavy atom. The molecule has 2 fully saturated rings. The molecule has 0 spiro atoms. The maximum Gasteiger partial charge on any atom is 0.123 e. The quantitative estimate of drug-likeness (QED) is 0.494. The lowest BCUT2D eigenvalue weighted by Gasteiger charge is -2.13. The summed E-state index contributed by atoms with van der Waals surface area (Å²) < 4.78 is 10.7. The fourth-order valence-electron chi connectivity index (χ4n) is 1.67. The van der Waals surface area contributed by atoms with Crippen LogP contribution < -0.4 is 0 Å². The van der Waals surface area contributed by atoms with E-state index in [4.69, 9.17) is 9.47 Å². The molecule has 0 aromatic carbocycles. The molecule has 1 heterocycles. The fraction of sp³-hybridized carbons (Fsp3) is 0.818. The second-order valence-electron chi connectivity index (χ2n) is 4.39. The SMILES string of the molecule is CC1(COC=C2CCCCC2)CO1. The average molecular weight is 182 g/mol. The Morgan fingerprint density at radius 3 is 2.69 bits per heavy atom. The molecule has 2 nitrogen and oxygen atoms in total. The van der Waals surface area contributed by atoms with Crippen LogP contribution in [0, 0.1) is 0 Å². The molecular weight excluding hydrogens is 164 g/mol. The van der Waals surface area contributed by atoms with Crippen LogP contribution in [0.1, 0.15) is 39.0 Å². The lowest BCUT2D eigenvalue weighted by molar-refractivity contribution is 0.160. The van der Waals surface area contributed by atoms with Gasteiger partial charge in [0.05, 0.1) is 12.9 Å². The van der Waals surface area contributed by atoms with Crippen molar-refractivity contribution in [1.29, 1.82) is 0 Å². The number of hydrogen-bond donors (Lipinski definition) is 0. The van der Waals surface area contributed by atoms with Crippen LogP contribution in [0.3, 0.4) is 0 Å². The summed E-state index contributed by atoms with van der Waals surface area (Å²) in [6.45, 7) is 3.67. The van der Waals surface area contributed by atoms with Gasteiger partial charge in [-0.2, -0.15) is 0 Å². The Morgan fingerprint density at radius 2 is 2.08 bits per heavy atom. The van der Waals surface area contributed by atoms with E-state index in [2.05, 4.69) is 6.92 Å². The van der Waals surface area contributed by atoms with Gasteiger partial charge < -0.3 is 9.47 Å². The van der Waals surface area contributed by atoms with E-state index in [-0.39, 0.29) is 5.60 Å². The van der Waals surface area contributed by atoms with Gasteiger partial charge in [0.2, 0.25) is 0 Å². The van der Waals surface area contributed by atoms with Crippen molar-refractivity contribution in [2.45, 2.75) is 44.6 Å². The zero-order chi connectivity index (χ0) is 9.15. The van der Waals surface area contributed by atoms with Crippen LogP contribution in [0.2, 0.25) is 0 Å². The molecule has 0 aromatic rings. The summed E-state index contributed by atoms with van der Waals surface area (Å²) in [7, 11) is 0. The van der Waals surface area contributed by atoms with E-state index in [0.29, 0.717) is 0 Å². The molecular formula is C11H18O2. The maximum atomic E-state index is 5.51. The van der Waals surface area contributed by atoms with Crippen LogP contribution in [-0.2, 0) is 9.47 Å². The minimum atomic E-state index is 0.0335. The average Bonchev–Trinajstić information content (AvgIpc) is 2.86. The fourth-order valence-corrected chi connectivity index (χ4v) is 1.67. The molecule has 1 saturated carbocycles. The van der Waals surface area contributed by atoms with Gasteiger partial charge in [-0.3, -0.25) is 0 Å². The van der Waals surface area contributed by atoms with Crippen LogP contribution in [0.15, 0.2) is 11.8 Å². The van der Waals surface area contributed by atoms with Crippen LogP contribution in [0.5, 0.6) is 0 Å². The summed E-state index contributed by atoms with van der Waals surface area (Å²) in [6, 6.07) is 0. The van der Waals surface area contributed by atoms with E-state index >= 15 is 0 Å². The Balaban J connectivity index is 1.69. The first-order valence-corrected chi connectivity index (χ1v) is 5.22. The van der Waals surface area contributed by atoms with Crippen molar-refractivity contribution in [3.63, 3.8) is 0 Å². The first kappa shape index (κ1) is 9.07. The highest BCUT2D eigenvalue weighted by atomic mass is 16.6. The van der Waals surface area contributed by atoms with E-state index in [1.165, 1.54) is 37.7 Å². The van der Waals surface area contributed by atoms with Crippen molar-refractivity contribution in [2.24, 2.45) is 0 Å². The van der Waals surface area contributed by atoms with Gasteiger partial charge in [0.1, 0.15) is 12.2 Å². The molecule has 2 aliphatic rings. The minimum absolute atomic E-state index is 0.0335. The standard InChI is InChI=1S/C11H18O2/c1-11(9-13-11)8-12-7-10-5-3-2-4-6-10/h7H,2-6,8-9H2,1H3. The van der Waals surface area contributed by atoms with Crippen molar-refractivity contribution in [3.8, 4) is 0 Å². The Bertz CT molecular complexity index is 196. The van der Waals surface area contributed by atoms with Crippen LogP contribution >= 0.6 is 0 Å². The molecule has 0 N–H and O–H groups in total. The highest BCUT2D eigenvalue weighted by Crippen LogP contribution is 2.27. The molecule has 13 heavy (non-hydrogen) atoms. The first-order chi connectivity index (χ1) is 6.29. The van der Waals surface area contributed by atoms with Gasteiger partial charge in [0.25, 0.3) is 0 Å². The van der Waals surface area contributed by atoms with Crippen LogP contribution in [0.4, 0.5) is 0 Å². The van der Waals surface area contributed by atoms with E-state index < -0.39 is 0 Å². The van der Waals surface area contributed by atoms with Crippen molar-refractivity contribution >= 4 is 0 Å². The van der Waals surface area contributed by atoms with E-state index in [9.17, 15) is 0 Å². The molecule has 0 aromatic heterocycles. The summed E-state index contributed by atoms with van der Waals surface area (Å²) in [5.74, 6) is 0. The van der Waals surface area contributed by atoms with Crippen molar-refractivity contribution in [3.05, 3.63) is 11.8 Å². The molecule has 1 saturated heterocycles. The zero-order valence-corrected chi connectivity index (χ0v) is 8.34. The molecule has 1 aliphatic heterocycles. The number of rotatable bonds is 3. The van der Waals surface area contributed by atoms with E-state index in [1.807, 2.05) is 6.26 Å². The zero-order valence-electron chi connectivity index (χ0n) is 8.34. The predicted octanol–water partition coefficient (Wildman–Crippen LogP) is 2.64. The normalized spacial score (nSPS) is 32.8. The molecule has 2 heteroatoms. The van der Waals surface area contributed by atoms with Gasteiger partial charge in [0, 0.05) is 0 Å². The monoisotopic (exact) mass is 182 g/mol. The summed E-state index contributed by atoms with van der Waals surface area (Å²) in [4.78, 5) is 0. The van der Waals surface area contributed by atoms with Gasteiger partial charge in [-0.05, 0) is 38.2 Å². The largest absolute Gasteiger partial charge is 0.498 e. The lowest BCUT2D eigenvalue weighted by atomic mass is 9.96. The molecule has 0 radical (unpaired) electrons. The van der Waals surface area contributed by atoms with Gasteiger partial charge in [0.15, 0.2) is 0 Å². The summed E-state index contributed by atoms with van der Waals surface area (Å²) >= 11 is 0. The molecule has 1 atom stereocenters. The molecule has 1 aliphatic carbocycles. The summed E-state index contributed by atoms with van der Waals surface area (Å²) in [5, 5.41) is 0. The number of hydrogen-bond acceptors (Lipinski definition) is 2.